The van der Waals surface area contributed by atoms with Gasteiger partial charge in [0.15, 0.2) is 0 Å². The number of nitrogens with zero attached hydrogens (tertiary/aromatic N) is 2. The standard InChI is InChI=1S/C23H25N3O3/c1-22(2,3)24-21(29)23-14-13-19(27)26(23)18-12-8-7-11-17(18)20(28)25(23)15-16-9-5-4-6-10-16/h4-12H,13-15H2,1-3H3,(H,24,29). The van der Waals surface area contributed by atoms with Crippen molar-refractivity contribution in [2.45, 2.75) is 51.4 Å². The van der Waals surface area contributed by atoms with Gasteiger partial charge in [-0.15, -0.1) is 0 Å². The topological polar surface area (TPSA) is 69.7 Å². The van der Waals surface area contributed by atoms with Crippen LogP contribution in [0.25, 0.3) is 0 Å². The molecule has 2 aliphatic heterocycles. The number of nitrogens with one attached hydrogen (secondary N) is 1. The molecule has 6 heteroatoms. The molecule has 1 fully saturated rings. The van der Waals surface area contributed by atoms with Gasteiger partial charge in [0.25, 0.3) is 11.8 Å². The smallest absolute Gasteiger partial charge is 0.267 e. The fourth-order valence-corrected chi connectivity index (χ4v) is 4.21. The number of rotatable bonds is 3. The number of hydrogen-bond donors (Lipinski definition) is 1. The molecule has 0 bridgehead atoms. The monoisotopic (exact) mass is 391 g/mol. The van der Waals surface area contributed by atoms with E-state index in [2.05, 4.69) is 5.32 Å². The SMILES string of the molecule is CC(C)(C)NC(=O)C12CCC(=O)N1c1ccccc1C(=O)N2Cc1ccccc1. The van der Waals surface area contributed by atoms with Gasteiger partial charge in [-0.1, -0.05) is 42.5 Å². The number of anilines is 1. The number of carbonyl (C=O) groups excluding carboxylic acids is 3. The Morgan fingerprint density at radius 3 is 2.38 bits per heavy atom. The van der Waals surface area contributed by atoms with Gasteiger partial charge < -0.3 is 10.2 Å². The van der Waals surface area contributed by atoms with Crippen LogP contribution in [0.4, 0.5) is 5.69 Å². The van der Waals surface area contributed by atoms with E-state index in [1.807, 2.05) is 51.1 Å². The lowest BCUT2D eigenvalue weighted by Gasteiger charge is -2.50. The van der Waals surface area contributed by atoms with Crippen LogP contribution in [0.5, 0.6) is 0 Å². The van der Waals surface area contributed by atoms with Crippen LogP contribution in [0.15, 0.2) is 54.6 Å². The molecule has 6 nitrogen and oxygen atoms in total. The van der Waals surface area contributed by atoms with Crippen molar-refractivity contribution in [1.82, 2.24) is 10.2 Å². The van der Waals surface area contributed by atoms with Crippen molar-refractivity contribution in [3.8, 4) is 0 Å². The van der Waals surface area contributed by atoms with E-state index in [4.69, 9.17) is 0 Å². The van der Waals surface area contributed by atoms with Gasteiger partial charge in [-0.25, -0.2) is 0 Å². The van der Waals surface area contributed by atoms with Crippen molar-refractivity contribution in [1.29, 1.82) is 0 Å². The van der Waals surface area contributed by atoms with E-state index in [0.29, 0.717) is 11.3 Å². The first-order chi connectivity index (χ1) is 13.7. The van der Waals surface area contributed by atoms with Crippen molar-refractivity contribution in [3.63, 3.8) is 0 Å². The zero-order chi connectivity index (χ0) is 20.8. The quantitative estimate of drug-likeness (QED) is 0.874. The van der Waals surface area contributed by atoms with Crippen LogP contribution in [-0.2, 0) is 16.1 Å². The molecule has 1 unspecified atom stereocenters. The molecule has 2 aliphatic rings. The van der Waals surface area contributed by atoms with Crippen molar-refractivity contribution < 1.29 is 14.4 Å². The molecule has 0 aliphatic carbocycles. The predicted octanol–water partition coefficient (Wildman–Crippen LogP) is 3.08. The summed E-state index contributed by atoms with van der Waals surface area (Å²) in [4.78, 5) is 43.2. The van der Waals surface area contributed by atoms with Gasteiger partial charge in [0, 0.05) is 24.9 Å². The van der Waals surface area contributed by atoms with Crippen LogP contribution < -0.4 is 10.2 Å². The molecule has 150 valence electrons. The lowest BCUT2D eigenvalue weighted by molar-refractivity contribution is -0.135. The summed E-state index contributed by atoms with van der Waals surface area (Å²) in [6, 6.07) is 16.6. The highest BCUT2D eigenvalue weighted by Crippen LogP contribution is 2.45. The minimum Gasteiger partial charge on any atom is -0.348 e. The number of para-hydroxylation sites is 1. The molecule has 0 spiro atoms. The lowest BCUT2D eigenvalue weighted by Crippen LogP contribution is -2.71. The first-order valence-electron chi connectivity index (χ1n) is 9.85. The largest absolute Gasteiger partial charge is 0.348 e. The zero-order valence-electron chi connectivity index (χ0n) is 16.9. The van der Waals surface area contributed by atoms with E-state index >= 15 is 0 Å². The molecular weight excluding hydrogens is 366 g/mol. The molecule has 29 heavy (non-hydrogen) atoms. The highest BCUT2D eigenvalue weighted by atomic mass is 16.2. The van der Waals surface area contributed by atoms with Gasteiger partial charge in [0.2, 0.25) is 11.6 Å². The molecule has 1 saturated heterocycles. The van der Waals surface area contributed by atoms with Crippen LogP contribution in [0, 0.1) is 0 Å². The molecule has 2 heterocycles. The van der Waals surface area contributed by atoms with E-state index in [0.717, 1.165) is 5.56 Å². The van der Waals surface area contributed by atoms with Crippen LogP contribution in [0.1, 0.15) is 49.5 Å². The third-order valence-corrected chi connectivity index (χ3v) is 5.41. The maximum atomic E-state index is 13.6. The Hall–Kier alpha value is -3.15. The summed E-state index contributed by atoms with van der Waals surface area (Å²) in [7, 11) is 0. The summed E-state index contributed by atoms with van der Waals surface area (Å²) in [5.41, 5.74) is -0.0126. The number of benzene rings is 2. The van der Waals surface area contributed by atoms with Crippen LogP contribution >= 0.6 is 0 Å². The normalized spacial score (nSPS) is 21.1. The van der Waals surface area contributed by atoms with Gasteiger partial charge in [-0.2, -0.15) is 0 Å². The molecule has 2 aromatic carbocycles. The van der Waals surface area contributed by atoms with Gasteiger partial charge in [0.1, 0.15) is 0 Å². The molecule has 4 rings (SSSR count). The zero-order valence-corrected chi connectivity index (χ0v) is 16.9. The fraction of sp³-hybridized carbons (Fsp3) is 0.348. The van der Waals surface area contributed by atoms with E-state index in [-0.39, 0.29) is 37.1 Å². The summed E-state index contributed by atoms with van der Waals surface area (Å²) < 4.78 is 0. The van der Waals surface area contributed by atoms with E-state index in [1.165, 1.54) is 4.90 Å². The Morgan fingerprint density at radius 1 is 1.03 bits per heavy atom. The van der Waals surface area contributed by atoms with Gasteiger partial charge in [0.05, 0.1) is 11.3 Å². The second kappa shape index (κ2) is 6.72. The first kappa shape index (κ1) is 19.2. The Morgan fingerprint density at radius 2 is 1.69 bits per heavy atom. The molecule has 0 saturated carbocycles. The van der Waals surface area contributed by atoms with E-state index in [1.54, 1.807) is 29.2 Å². The average Bonchev–Trinajstić information content (AvgIpc) is 3.03. The molecule has 0 radical (unpaired) electrons. The van der Waals surface area contributed by atoms with Gasteiger partial charge >= 0.3 is 0 Å². The lowest BCUT2D eigenvalue weighted by atomic mass is 9.93. The summed E-state index contributed by atoms with van der Waals surface area (Å²) in [6.07, 6.45) is 0.477. The number of hydrogen-bond acceptors (Lipinski definition) is 3. The second-order valence-corrected chi connectivity index (χ2v) is 8.64. The van der Waals surface area contributed by atoms with Gasteiger partial charge in [-0.3, -0.25) is 19.3 Å². The van der Waals surface area contributed by atoms with E-state index < -0.39 is 11.2 Å². The van der Waals surface area contributed by atoms with Crippen LogP contribution in [0.3, 0.4) is 0 Å². The second-order valence-electron chi connectivity index (χ2n) is 8.64. The summed E-state index contributed by atoms with van der Waals surface area (Å²) in [5.74, 6) is -0.707. The van der Waals surface area contributed by atoms with Crippen molar-refractivity contribution in [2.24, 2.45) is 0 Å². The van der Waals surface area contributed by atoms with Gasteiger partial charge in [-0.05, 0) is 38.5 Å². The molecule has 1 atom stereocenters. The summed E-state index contributed by atoms with van der Waals surface area (Å²) >= 11 is 0. The number of amides is 3. The Labute approximate surface area is 170 Å². The maximum Gasteiger partial charge on any atom is 0.267 e. The minimum atomic E-state index is -1.37. The molecule has 3 amide bonds. The molecule has 0 aromatic heterocycles. The minimum absolute atomic E-state index is 0.146. The van der Waals surface area contributed by atoms with Crippen LogP contribution in [0.2, 0.25) is 0 Å². The Kier molecular flexibility index (Phi) is 4.45. The maximum absolute atomic E-state index is 13.6. The number of carbonyl (C=O) groups is 3. The van der Waals surface area contributed by atoms with Crippen molar-refractivity contribution >= 4 is 23.4 Å². The molecular formula is C23H25N3O3. The Bertz CT molecular complexity index is 980. The van der Waals surface area contributed by atoms with Crippen molar-refractivity contribution in [2.75, 3.05) is 4.90 Å². The third kappa shape index (κ3) is 3.09. The third-order valence-electron chi connectivity index (χ3n) is 5.41. The Balaban J connectivity index is 1.90. The van der Waals surface area contributed by atoms with Crippen LogP contribution in [-0.4, -0.2) is 33.8 Å². The number of fused-ring (bicyclic) bond motifs is 3. The average molecular weight is 391 g/mol. The fourth-order valence-electron chi connectivity index (χ4n) is 4.21. The van der Waals surface area contributed by atoms with E-state index in [9.17, 15) is 14.4 Å². The summed E-state index contributed by atoms with van der Waals surface area (Å²) in [5, 5.41) is 3.01. The molecule has 1 N–H and O–H groups in total. The highest BCUT2D eigenvalue weighted by Gasteiger charge is 2.61. The predicted molar refractivity (Wildman–Crippen MR) is 110 cm³/mol. The first-order valence-corrected chi connectivity index (χ1v) is 9.85. The summed E-state index contributed by atoms with van der Waals surface area (Å²) in [6.45, 7) is 5.92. The highest BCUT2D eigenvalue weighted by molar-refractivity contribution is 6.16. The van der Waals surface area contributed by atoms with Crippen molar-refractivity contribution in [3.05, 3.63) is 65.7 Å². The molecule has 2 aromatic rings.